The highest BCUT2D eigenvalue weighted by Crippen LogP contribution is 2.44. The predicted molar refractivity (Wildman–Crippen MR) is 56.4 cm³/mol. The van der Waals surface area contributed by atoms with Gasteiger partial charge in [-0.05, 0) is 6.42 Å². The van der Waals surface area contributed by atoms with Crippen LogP contribution in [-0.2, 0) is 14.3 Å². The van der Waals surface area contributed by atoms with Crippen molar-refractivity contribution in [2.75, 3.05) is 6.54 Å². The third-order valence-electron chi connectivity index (χ3n) is 3.74. The monoisotopic (exact) mass is 221 g/mol. The van der Waals surface area contributed by atoms with Crippen LogP contribution in [0.2, 0.25) is 0 Å². The van der Waals surface area contributed by atoms with Gasteiger partial charge in [-0.1, -0.05) is 25.5 Å². The molecule has 0 radical (unpaired) electrons. The third-order valence-corrected chi connectivity index (χ3v) is 3.74. The lowest BCUT2D eigenvalue weighted by Gasteiger charge is -2.16. The van der Waals surface area contributed by atoms with Gasteiger partial charge in [-0.25, -0.2) is 0 Å². The van der Waals surface area contributed by atoms with Crippen LogP contribution in [-0.4, -0.2) is 35.5 Å². The van der Waals surface area contributed by atoms with E-state index in [-0.39, 0.29) is 35.9 Å². The zero-order chi connectivity index (χ0) is 11.3. The molecular weight excluding hydrogens is 206 g/mol. The number of carbonyl (C=O) groups excluding carboxylic acids is 2. The molecule has 4 atom stereocenters. The van der Waals surface area contributed by atoms with E-state index in [1.165, 1.54) is 4.90 Å². The maximum atomic E-state index is 12.1. The molecule has 3 heterocycles. The second-order valence-corrected chi connectivity index (χ2v) is 4.68. The Morgan fingerprint density at radius 1 is 1.19 bits per heavy atom. The van der Waals surface area contributed by atoms with Crippen molar-refractivity contribution in [1.29, 1.82) is 0 Å². The molecule has 0 spiro atoms. The lowest BCUT2D eigenvalue weighted by Crippen LogP contribution is -2.35. The minimum absolute atomic E-state index is 0.0275. The van der Waals surface area contributed by atoms with Crippen LogP contribution >= 0.6 is 0 Å². The Morgan fingerprint density at radius 3 is 2.25 bits per heavy atom. The summed E-state index contributed by atoms with van der Waals surface area (Å²) < 4.78 is 5.55. The highest BCUT2D eigenvalue weighted by Gasteiger charge is 2.60. The van der Waals surface area contributed by atoms with Gasteiger partial charge in [-0.15, -0.1) is 0 Å². The van der Waals surface area contributed by atoms with E-state index in [1.54, 1.807) is 0 Å². The minimum atomic E-state index is -0.237. The molecule has 0 saturated carbocycles. The summed E-state index contributed by atoms with van der Waals surface area (Å²) in [5.74, 6) is -0.528. The Morgan fingerprint density at radius 2 is 1.75 bits per heavy atom. The first-order chi connectivity index (χ1) is 7.74. The first kappa shape index (κ1) is 10.0. The molecule has 2 unspecified atom stereocenters. The summed E-state index contributed by atoms with van der Waals surface area (Å²) in [6, 6.07) is 0. The van der Waals surface area contributed by atoms with E-state index in [0.29, 0.717) is 6.54 Å². The van der Waals surface area contributed by atoms with E-state index in [1.807, 2.05) is 12.2 Å². The van der Waals surface area contributed by atoms with Crippen LogP contribution in [0.4, 0.5) is 0 Å². The lowest BCUT2D eigenvalue weighted by molar-refractivity contribution is -0.142. The average Bonchev–Trinajstić information content (AvgIpc) is 2.92. The Hall–Kier alpha value is -1.16. The number of hydrogen-bond acceptors (Lipinski definition) is 3. The molecule has 3 aliphatic heterocycles. The van der Waals surface area contributed by atoms with Gasteiger partial charge in [0.15, 0.2) is 0 Å². The Labute approximate surface area is 94.2 Å². The van der Waals surface area contributed by atoms with Gasteiger partial charge < -0.3 is 4.74 Å². The normalized spacial score (nSPS) is 39.9. The van der Waals surface area contributed by atoms with Crippen LogP contribution in [0.5, 0.6) is 0 Å². The van der Waals surface area contributed by atoms with E-state index in [9.17, 15) is 9.59 Å². The Kier molecular flexibility index (Phi) is 2.14. The molecule has 2 fully saturated rings. The maximum Gasteiger partial charge on any atom is 0.236 e. The van der Waals surface area contributed by atoms with Gasteiger partial charge in [0, 0.05) is 6.54 Å². The second kappa shape index (κ2) is 3.42. The first-order valence-electron chi connectivity index (χ1n) is 5.93. The lowest BCUT2D eigenvalue weighted by atomic mass is 9.85. The zero-order valence-electron chi connectivity index (χ0n) is 9.26. The number of fused-ring (bicyclic) bond motifs is 5. The Balaban J connectivity index is 1.83. The second-order valence-electron chi connectivity index (χ2n) is 4.68. The van der Waals surface area contributed by atoms with Gasteiger partial charge in [0.05, 0.1) is 24.0 Å². The number of unbranched alkanes of at least 4 members (excludes halogenated alkanes) is 1. The molecule has 0 aromatic carbocycles. The quantitative estimate of drug-likeness (QED) is 0.521. The highest BCUT2D eigenvalue weighted by atomic mass is 16.5. The van der Waals surface area contributed by atoms with Gasteiger partial charge in [0.1, 0.15) is 0 Å². The smallest absolute Gasteiger partial charge is 0.236 e. The molecular formula is C12H15NO3. The van der Waals surface area contributed by atoms with Gasteiger partial charge in [-0.3, -0.25) is 14.5 Å². The van der Waals surface area contributed by atoms with Crippen molar-refractivity contribution in [2.45, 2.75) is 32.0 Å². The summed E-state index contributed by atoms with van der Waals surface area (Å²) in [6.45, 7) is 2.63. The van der Waals surface area contributed by atoms with Gasteiger partial charge in [0.2, 0.25) is 11.8 Å². The third kappa shape index (κ3) is 1.13. The van der Waals surface area contributed by atoms with Gasteiger partial charge in [0.25, 0.3) is 0 Å². The molecule has 2 amide bonds. The molecule has 2 bridgehead atoms. The van der Waals surface area contributed by atoms with Crippen LogP contribution in [0.3, 0.4) is 0 Å². The highest BCUT2D eigenvalue weighted by molar-refractivity contribution is 6.06. The standard InChI is InChI=1S/C12H15NO3/c1-2-3-6-13-11(14)9-7-4-5-8(16-7)10(9)12(13)15/h4-5,7-10H,2-3,6H2,1H3/t7?,8?,9-,10+. The number of imide groups is 1. The fraction of sp³-hybridized carbons (Fsp3) is 0.667. The van der Waals surface area contributed by atoms with Crippen LogP contribution < -0.4 is 0 Å². The molecule has 3 aliphatic rings. The molecule has 4 nitrogen and oxygen atoms in total. The van der Waals surface area contributed by atoms with E-state index in [0.717, 1.165) is 12.8 Å². The number of carbonyl (C=O) groups is 2. The van der Waals surface area contributed by atoms with Crippen LogP contribution in [0, 0.1) is 11.8 Å². The van der Waals surface area contributed by atoms with Crippen molar-refractivity contribution >= 4 is 11.8 Å². The number of likely N-dealkylation sites (tertiary alicyclic amines) is 1. The molecule has 2 saturated heterocycles. The first-order valence-corrected chi connectivity index (χ1v) is 5.93. The topological polar surface area (TPSA) is 46.6 Å². The SMILES string of the molecule is CCCCN1C(=O)[C@@H]2C3C=CC(O3)[C@@H]2C1=O. The number of ether oxygens (including phenoxy) is 1. The molecule has 0 aliphatic carbocycles. The summed E-state index contributed by atoms with van der Waals surface area (Å²) >= 11 is 0. The van der Waals surface area contributed by atoms with E-state index >= 15 is 0 Å². The molecule has 16 heavy (non-hydrogen) atoms. The number of rotatable bonds is 3. The minimum Gasteiger partial charge on any atom is -0.365 e. The van der Waals surface area contributed by atoms with Crippen molar-refractivity contribution in [3.8, 4) is 0 Å². The zero-order valence-corrected chi connectivity index (χ0v) is 9.26. The molecule has 0 aromatic heterocycles. The summed E-state index contributed by atoms with van der Waals surface area (Å²) in [6.07, 6.45) is 5.41. The van der Waals surface area contributed by atoms with Crippen molar-refractivity contribution < 1.29 is 14.3 Å². The molecule has 4 heteroatoms. The fourth-order valence-electron chi connectivity index (χ4n) is 2.90. The summed E-state index contributed by atoms with van der Waals surface area (Å²) in [5.41, 5.74) is 0. The van der Waals surface area contributed by atoms with E-state index in [2.05, 4.69) is 6.92 Å². The van der Waals surface area contributed by atoms with E-state index in [4.69, 9.17) is 4.74 Å². The maximum absolute atomic E-state index is 12.1. The summed E-state index contributed by atoms with van der Waals surface area (Å²) in [7, 11) is 0. The summed E-state index contributed by atoms with van der Waals surface area (Å²) in [5, 5.41) is 0. The average molecular weight is 221 g/mol. The molecule has 0 N–H and O–H groups in total. The molecule has 0 aromatic rings. The summed E-state index contributed by atoms with van der Waals surface area (Å²) in [4.78, 5) is 25.6. The Bertz CT molecular complexity index is 346. The predicted octanol–water partition coefficient (Wildman–Crippen LogP) is 0.725. The molecule has 3 rings (SSSR count). The van der Waals surface area contributed by atoms with Crippen molar-refractivity contribution in [1.82, 2.24) is 4.90 Å². The fourth-order valence-corrected chi connectivity index (χ4v) is 2.90. The largest absolute Gasteiger partial charge is 0.365 e. The number of nitrogens with zero attached hydrogens (tertiary/aromatic N) is 1. The van der Waals surface area contributed by atoms with Crippen molar-refractivity contribution in [3.63, 3.8) is 0 Å². The van der Waals surface area contributed by atoms with Crippen LogP contribution in [0.1, 0.15) is 19.8 Å². The van der Waals surface area contributed by atoms with Crippen LogP contribution in [0.15, 0.2) is 12.2 Å². The van der Waals surface area contributed by atoms with Gasteiger partial charge >= 0.3 is 0 Å². The van der Waals surface area contributed by atoms with Crippen LogP contribution in [0.25, 0.3) is 0 Å². The van der Waals surface area contributed by atoms with Gasteiger partial charge in [-0.2, -0.15) is 0 Å². The molecule has 86 valence electrons. The number of amides is 2. The van der Waals surface area contributed by atoms with Crippen molar-refractivity contribution in [2.24, 2.45) is 11.8 Å². The van der Waals surface area contributed by atoms with Crippen molar-refractivity contribution in [3.05, 3.63) is 12.2 Å². The number of hydrogen-bond donors (Lipinski definition) is 0. The van der Waals surface area contributed by atoms with E-state index < -0.39 is 0 Å².